The molecule has 0 atom stereocenters. The van der Waals surface area contributed by atoms with Crippen molar-refractivity contribution in [2.24, 2.45) is 11.8 Å². The van der Waals surface area contributed by atoms with Gasteiger partial charge in [0.15, 0.2) is 0 Å². The number of pyridine rings is 1. The number of ether oxygens (including phenoxy) is 1. The summed E-state index contributed by atoms with van der Waals surface area (Å²) >= 11 is 0. The summed E-state index contributed by atoms with van der Waals surface area (Å²) in [6, 6.07) is 3.65. The van der Waals surface area contributed by atoms with Gasteiger partial charge >= 0.3 is 5.97 Å². The van der Waals surface area contributed by atoms with Gasteiger partial charge in [0.1, 0.15) is 5.69 Å². The highest BCUT2D eigenvalue weighted by Gasteiger charge is 2.19. The Hall–Kier alpha value is -1.58. The Balaban J connectivity index is 1.84. The average Bonchev–Trinajstić information content (AvgIpc) is 2.53. The molecule has 1 aromatic heterocycles. The lowest BCUT2D eigenvalue weighted by Gasteiger charge is -2.28. The molecule has 0 spiro atoms. The van der Waals surface area contributed by atoms with Gasteiger partial charge in [-0.1, -0.05) is 26.2 Å². The van der Waals surface area contributed by atoms with Crippen LogP contribution in [0.25, 0.3) is 0 Å². The molecule has 110 valence electrons. The third-order valence-corrected chi connectivity index (χ3v) is 4.29. The highest BCUT2D eigenvalue weighted by molar-refractivity contribution is 5.88. The molecule has 0 saturated heterocycles. The van der Waals surface area contributed by atoms with Crippen molar-refractivity contribution in [1.82, 2.24) is 4.98 Å². The molecule has 1 N–H and O–H groups in total. The van der Waals surface area contributed by atoms with E-state index in [1.807, 2.05) is 6.07 Å². The Morgan fingerprint density at radius 3 is 2.70 bits per heavy atom. The van der Waals surface area contributed by atoms with E-state index in [9.17, 15) is 4.79 Å². The minimum absolute atomic E-state index is 0.354. The molecule has 0 unspecified atom stereocenters. The third-order valence-electron chi connectivity index (χ3n) is 4.29. The lowest BCUT2D eigenvalue weighted by Crippen LogP contribution is -2.21. The number of rotatable bonds is 5. The Morgan fingerprint density at radius 2 is 2.05 bits per heavy atom. The van der Waals surface area contributed by atoms with Crippen molar-refractivity contribution in [3.63, 3.8) is 0 Å². The highest BCUT2D eigenvalue weighted by Crippen LogP contribution is 2.30. The number of carbonyl (C=O) groups excluding carboxylic acids is 1. The van der Waals surface area contributed by atoms with Gasteiger partial charge in [0.2, 0.25) is 0 Å². The zero-order valence-corrected chi connectivity index (χ0v) is 12.4. The number of carbonyl (C=O) groups is 1. The largest absolute Gasteiger partial charge is 0.464 e. The molecule has 1 heterocycles. The molecule has 1 aliphatic carbocycles. The van der Waals surface area contributed by atoms with E-state index in [1.165, 1.54) is 39.2 Å². The zero-order valence-electron chi connectivity index (χ0n) is 12.4. The van der Waals surface area contributed by atoms with Crippen molar-refractivity contribution in [2.45, 2.75) is 39.0 Å². The fraction of sp³-hybridized carbons (Fsp3) is 0.625. The van der Waals surface area contributed by atoms with Gasteiger partial charge in [-0.2, -0.15) is 0 Å². The van der Waals surface area contributed by atoms with Crippen LogP contribution in [0.4, 0.5) is 5.69 Å². The number of hydrogen-bond donors (Lipinski definition) is 1. The molecule has 20 heavy (non-hydrogen) atoms. The minimum Gasteiger partial charge on any atom is -0.464 e. The van der Waals surface area contributed by atoms with Gasteiger partial charge in [0, 0.05) is 18.4 Å². The van der Waals surface area contributed by atoms with Gasteiger partial charge in [-0.15, -0.1) is 0 Å². The number of esters is 1. The summed E-state index contributed by atoms with van der Waals surface area (Å²) in [4.78, 5) is 15.4. The minimum atomic E-state index is -0.392. The summed E-state index contributed by atoms with van der Waals surface area (Å²) in [6.07, 6.45) is 8.27. The third kappa shape index (κ3) is 3.95. The molecular formula is C16H24N2O2. The first-order valence-corrected chi connectivity index (χ1v) is 7.51. The maximum atomic E-state index is 11.4. The van der Waals surface area contributed by atoms with Crippen LogP contribution in [0, 0.1) is 11.8 Å². The van der Waals surface area contributed by atoms with E-state index in [0.29, 0.717) is 5.69 Å². The highest BCUT2D eigenvalue weighted by atomic mass is 16.5. The van der Waals surface area contributed by atoms with Gasteiger partial charge in [-0.25, -0.2) is 9.78 Å². The quantitative estimate of drug-likeness (QED) is 0.836. The average molecular weight is 276 g/mol. The maximum absolute atomic E-state index is 11.4. The molecule has 1 aromatic rings. The van der Waals surface area contributed by atoms with Gasteiger partial charge in [-0.3, -0.25) is 0 Å². The van der Waals surface area contributed by atoms with Crippen LogP contribution in [0.1, 0.15) is 49.5 Å². The van der Waals surface area contributed by atoms with E-state index in [4.69, 9.17) is 0 Å². The van der Waals surface area contributed by atoms with Crippen LogP contribution in [0.2, 0.25) is 0 Å². The molecule has 2 rings (SSSR count). The van der Waals surface area contributed by atoms with E-state index < -0.39 is 5.97 Å². The molecule has 0 aliphatic heterocycles. The topological polar surface area (TPSA) is 51.2 Å². The molecule has 4 nitrogen and oxygen atoms in total. The van der Waals surface area contributed by atoms with Crippen LogP contribution in [0.3, 0.4) is 0 Å². The normalized spacial score (nSPS) is 22.3. The second kappa shape index (κ2) is 7.27. The molecule has 0 bridgehead atoms. The van der Waals surface area contributed by atoms with Gasteiger partial charge in [-0.05, 0) is 36.8 Å². The molecule has 1 fully saturated rings. The summed E-state index contributed by atoms with van der Waals surface area (Å²) in [5, 5.41) is 3.42. The van der Waals surface area contributed by atoms with E-state index in [0.717, 1.165) is 24.1 Å². The monoisotopic (exact) mass is 276 g/mol. The smallest absolute Gasteiger partial charge is 0.356 e. The van der Waals surface area contributed by atoms with Crippen molar-refractivity contribution in [3.8, 4) is 0 Å². The van der Waals surface area contributed by atoms with Crippen molar-refractivity contribution in [1.29, 1.82) is 0 Å². The van der Waals surface area contributed by atoms with Crippen LogP contribution in [-0.2, 0) is 4.74 Å². The van der Waals surface area contributed by atoms with Crippen LogP contribution < -0.4 is 5.32 Å². The first-order chi connectivity index (χ1) is 9.72. The van der Waals surface area contributed by atoms with E-state index in [1.54, 1.807) is 12.3 Å². The van der Waals surface area contributed by atoms with E-state index in [-0.39, 0.29) is 0 Å². The van der Waals surface area contributed by atoms with Crippen molar-refractivity contribution in [2.75, 3.05) is 19.0 Å². The first kappa shape index (κ1) is 14.8. The summed E-state index contributed by atoms with van der Waals surface area (Å²) in [5.41, 5.74) is 1.30. The second-order valence-electron chi connectivity index (χ2n) is 5.60. The molecular weight excluding hydrogens is 252 g/mol. The van der Waals surface area contributed by atoms with Gasteiger partial charge in [0.25, 0.3) is 0 Å². The van der Waals surface area contributed by atoms with Crippen LogP contribution in [0.5, 0.6) is 0 Å². The maximum Gasteiger partial charge on any atom is 0.356 e. The van der Waals surface area contributed by atoms with Crippen molar-refractivity contribution < 1.29 is 9.53 Å². The number of methoxy groups -OCH3 is 1. The fourth-order valence-corrected chi connectivity index (χ4v) is 2.86. The summed E-state index contributed by atoms with van der Waals surface area (Å²) in [6.45, 7) is 3.26. The SMILES string of the molecule is CCC1CCC(CNc2ccnc(C(=O)OC)c2)CC1. The molecule has 4 heteroatoms. The van der Waals surface area contributed by atoms with Gasteiger partial charge in [0.05, 0.1) is 7.11 Å². The molecule has 0 radical (unpaired) electrons. The number of hydrogen-bond acceptors (Lipinski definition) is 4. The number of nitrogens with zero attached hydrogens (tertiary/aromatic N) is 1. The van der Waals surface area contributed by atoms with Crippen LogP contribution >= 0.6 is 0 Å². The van der Waals surface area contributed by atoms with E-state index >= 15 is 0 Å². The predicted molar refractivity (Wildman–Crippen MR) is 79.8 cm³/mol. The Morgan fingerprint density at radius 1 is 1.35 bits per heavy atom. The Labute approximate surface area is 120 Å². The number of nitrogens with one attached hydrogen (secondary N) is 1. The first-order valence-electron chi connectivity index (χ1n) is 7.51. The Kier molecular flexibility index (Phi) is 5.39. The van der Waals surface area contributed by atoms with Crippen LogP contribution in [0.15, 0.2) is 18.3 Å². The second-order valence-corrected chi connectivity index (χ2v) is 5.60. The van der Waals surface area contributed by atoms with E-state index in [2.05, 4.69) is 22.0 Å². The predicted octanol–water partition coefficient (Wildman–Crippen LogP) is 3.50. The lowest BCUT2D eigenvalue weighted by atomic mass is 9.81. The Bertz CT molecular complexity index is 440. The standard InChI is InChI=1S/C16H24N2O2/c1-3-12-4-6-13(7-5-12)11-18-14-8-9-17-15(10-14)16(19)20-2/h8-10,12-13H,3-7,11H2,1-2H3,(H,17,18). The van der Waals surface area contributed by atoms with Crippen LogP contribution in [-0.4, -0.2) is 24.6 Å². The van der Waals surface area contributed by atoms with Gasteiger partial charge < -0.3 is 10.1 Å². The summed E-state index contributed by atoms with van der Waals surface area (Å²) in [5.74, 6) is 1.28. The van der Waals surface area contributed by atoms with Crippen molar-refractivity contribution in [3.05, 3.63) is 24.0 Å². The molecule has 1 aliphatic rings. The molecule has 0 amide bonds. The number of anilines is 1. The molecule has 1 saturated carbocycles. The summed E-state index contributed by atoms with van der Waals surface area (Å²) in [7, 11) is 1.37. The fourth-order valence-electron chi connectivity index (χ4n) is 2.86. The lowest BCUT2D eigenvalue weighted by molar-refractivity contribution is 0.0594. The molecule has 0 aromatic carbocycles. The summed E-state index contributed by atoms with van der Waals surface area (Å²) < 4.78 is 4.68. The zero-order chi connectivity index (χ0) is 14.4. The number of aromatic nitrogens is 1. The van der Waals surface area contributed by atoms with Crippen molar-refractivity contribution >= 4 is 11.7 Å².